The number of carbonyl (C=O) groups is 1. The Morgan fingerprint density at radius 3 is 2.67 bits per heavy atom. The molecule has 27 heavy (non-hydrogen) atoms. The van der Waals surface area contributed by atoms with E-state index in [0.717, 1.165) is 0 Å². The van der Waals surface area contributed by atoms with Crippen molar-refractivity contribution in [3.63, 3.8) is 0 Å². The fraction of sp³-hybridized carbons (Fsp3) is 0.211. The molecule has 1 atom stereocenters. The van der Waals surface area contributed by atoms with Gasteiger partial charge in [0.25, 0.3) is 0 Å². The van der Waals surface area contributed by atoms with E-state index >= 15 is 0 Å². The summed E-state index contributed by atoms with van der Waals surface area (Å²) in [5.41, 5.74) is 1.08. The molecule has 0 N–H and O–H groups in total. The molecule has 8 heteroatoms. The number of halogens is 1. The number of fused-ring (bicyclic) bond motifs is 3. The molecule has 0 saturated carbocycles. The molecule has 3 aromatic rings. The first-order valence-electron chi connectivity index (χ1n) is 8.18. The number of benzene rings is 2. The summed E-state index contributed by atoms with van der Waals surface area (Å²) in [7, 11) is 1.24. The van der Waals surface area contributed by atoms with Crippen LogP contribution in [-0.2, 0) is 11.2 Å². The maximum Gasteiger partial charge on any atom is 0.342 e. The van der Waals surface area contributed by atoms with Crippen molar-refractivity contribution in [3.05, 3.63) is 57.4 Å². The third-order valence-corrected chi connectivity index (χ3v) is 4.52. The van der Waals surface area contributed by atoms with Gasteiger partial charge in [-0.25, -0.2) is 9.18 Å². The van der Waals surface area contributed by atoms with Gasteiger partial charge in [0.2, 0.25) is 5.75 Å². The number of rotatable bonds is 3. The van der Waals surface area contributed by atoms with Crippen LogP contribution in [0.25, 0.3) is 22.3 Å². The zero-order valence-electron chi connectivity index (χ0n) is 14.4. The van der Waals surface area contributed by atoms with E-state index in [1.165, 1.54) is 37.4 Å². The monoisotopic (exact) mass is 371 g/mol. The normalized spacial score (nSPS) is 15.4. The number of carbonyl (C=O) groups excluding carboxylic acids is 1. The first-order valence-corrected chi connectivity index (χ1v) is 8.18. The molecule has 0 amide bonds. The SMILES string of the molecule is COC(=O)c1c(-c2ccc(F)cc2)oc2cc([N+](=O)[O-])c3c(c12)CC(C)O3. The van der Waals surface area contributed by atoms with E-state index in [-0.39, 0.29) is 34.4 Å². The summed E-state index contributed by atoms with van der Waals surface area (Å²) in [6.07, 6.45) is 0.110. The van der Waals surface area contributed by atoms with E-state index in [2.05, 4.69) is 0 Å². The summed E-state index contributed by atoms with van der Waals surface area (Å²) in [4.78, 5) is 23.4. The number of furan rings is 1. The van der Waals surface area contributed by atoms with E-state index in [1.807, 2.05) is 0 Å². The lowest BCUT2D eigenvalue weighted by atomic mass is 9.98. The molecule has 1 unspecified atom stereocenters. The van der Waals surface area contributed by atoms with Gasteiger partial charge in [0.1, 0.15) is 28.8 Å². The van der Waals surface area contributed by atoms with E-state index in [1.54, 1.807) is 6.92 Å². The molecule has 1 aliphatic heterocycles. The molecule has 4 rings (SSSR count). The molecule has 138 valence electrons. The number of nitrogens with zero attached hydrogens (tertiary/aromatic N) is 1. The number of nitro groups is 1. The van der Waals surface area contributed by atoms with Gasteiger partial charge in [0, 0.05) is 22.9 Å². The smallest absolute Gasteiger partial charge is 0.342 e. The van der Waals surface area contributed by atoms with Crippen LogP contribution < -0.4 is 4.74 Å². The first kappa shape index (κ1) is 17.0. The van der Waals surface area contributed by atoms with Crippen molar-refractivity contribution >= 4 is 22.6 Å². The summed E-state index contributed by atoms with van der Waals surface area (Å²) in [6.45, 7) is 1.79. The van der Waals surface area contributed by atoms with Gasteiger partial charge in [-0.15, -0.1) is 0 Å². The highest BCUT2D eigenvalue weighted by molar-refractivity contribution is 6.11. The minimum Gasteiger partial charge on any atom is -0.483 e. The molecule has 0 fully saturated rings. The molecule has 2 heterocycles. The quantitative estimate of drug-likeness (QED) is 0.388. The Labute approximate surface area is 152 Å². The van der Waals surface area contributed by atoms with Crippen LogP contribution in [0.1, 0.15) is 22.8 Å². The van der Waals surface area contributed by atoms with Crippen molar-refractivity contribution < 1.29 is 28.0 Å². The van der Waals surface area contributed by atoms with Crippen molar-refractivity contribution in [1.29, 1.82) is 0 Å². The van der Waals surface area contributed by atoms with Crippen LogP contribution in [0.2, 0.25) is 0 Å². The minimum atomic E-state index is -0.649. The molecule has 7 nitrogen and oxygen atoms in total. The molecule has 2 aromatic carbocycles. The summed E-state index contributed by atoms with van der Waals surface area (Å²) in [5.74, 6) is -0.785. The van der Waals surface area contributed by atoms with Crippen molar-refractivity contribution in [1.82, 2.24) is 0 Å². The van der Waals surface area contributed by atoms with Gasteiger partial charge in [-0.3, -0.25) is 10.1 Å². The zero-order valence-corrected chi connectivity index (χ0v) is 14.4. The third-order valence-electron chi connectivity index (χ3n) is 4.52. The van der Waals surface area contributed by atoms with Gasteiger partial charge in [-0.2, -0.15) is 0 Å². The standard InChI is InChI=1S/C19H14FNO6/c1-9-7-12-15-14(8-13(21(23)24)18(12)26-9)27-17(16(15)19(22)25-2)10-3-5-11(20)6-4-10/h3-6,8-9H,7H2,1-2H3. The van der Waals surface area contributed by atoms with E-state index in [9.17, 15) is 19.3 Å². The summed E-state index contributed by atoms with van der Waals surface area (Å²) >= 11 is 0. The average Bonchev–Trinajstić information content (AvgIpc) is 3.20. The lowest BCUT2D eigenvalue weighted by Crippen LogP contribution is -2.06. The second-order valence-corrected chi connectivity index (χ2v) is 6.27. The van der Waals surface area contributed by atoms with Crippen molar-refractivity contribution in [2.75, 3.05) is 7.11 Å². The fourth-order valence-electron chi connectivity index (χ4n) is 3.40. The van der Waals surface area contributed by atoms with Gasteiger partial charge in [-0.05, 0) is 31.2 Å². The lowest BCUT2D eigenvalue weighted by molar-refractivity contribution is -0.385. The van der Waals surface area contributed by atoms with Crippen molar-refractivity contribution in [2.45, 2.75) is 19.4 Å². The molecule has 0 aliphatic carbocycles. The Morgan fingerprint density at radius 2 is 2.04 bits per heavy atom. The Hall–Kier alpha value is -3.42. The maximum absolute atomic E-state index is 13.3. The van der Waals surface area contributed by atoms with E-state index in [0.29, 0.717) is 22.9 Å². The molecule has 0 spiro atoms. The Balaban J connectivity index is 2.09. The van der Waals surface area contributed by atoms with Crippen molar-refractivity contribution in [2.24, 2.45) is 0 Å². The van der Waals surface area contributed by atoms with Crippen LogP contribution in [0.3, 0.4) is 0 Å². The molecule has 1 aromatic heterocycles. The number of nitro benzene ring substituents is 1. The van der Waals surface area contributed by atoms with E-state index in [4.69, 9.17) is 13.9 Å². The van der Waals surface area contributed by atoms with Crippen LogP contribution >= 0.6 is 0 Å². The van der Waals surface area contributed by atoms with Crippen LogP contribution in [0.15, 0.2) is 34.7 Å². The first-order chi connectivity index (χ1) is 12.9. The number of methoxy groups -OCH3 is 1. The fourth-order valence-corrected chi connectivity index (χ4v) is 3.40. The second-order valence-electron chi connectivity index (χ2n) is 6.27. The predicted octanol–water partition coefficient (Wildman–Crippen LogP) is 4.26. The number of ether oxygens (including phenoxy) is 2. The molecular formula is C19H14FNO6. The predicted molar refractivity (Wildman–Crippen MR) is 93.4 cm³/mol. The summed E-state index contributed by atoms with van der Waals surface area (Å²) in [5, 5.41) is 11.9. The van der Waals surface area contributed by atoms with Gasteiger partial charge in [0.05, 0.1) is 18.1 Å². The molecule has 1 aliphatic rings. The highest BCUT2D eigenvalue weighted by atomic mass is 19.1. The lowest BCUT2D eigenvalue weighted by Gasteiger charge is -2.04. The van der Waals surface area contributed by atoms with Gasteiger partial charge in [0.15, 0.2) is 0 Å². The third kappa shape index (κ3) is 2.61. The average molecular weight is 371 g/mol. The van der Waals surface area contributed by atoms with Crippen LogP contribution in [-0.4, -0.2) is 24.1 Å². The van der Waals surface area contributed by atoms with Crippen molar-refractivity contribution in [3.8, 4) is 17.1 Å². The molecule has 0 saturated heterocycles. The highest BCUT2D eigenvalue weighted by Gasteiger charge is 2.36. The van der Waals surface area contributed by atoms with Crippen LogP contribution in [0.5, 0.6) is 5.75 Å². The minimum absolute atomic E-state index is 0.136. The van der Waals surface area contributed by atoms with Crippen LogP contribution in [0, 0.1) is 15.9 Å². The molecular weight excluding hydrogens is 357 g/mol. The van der Waals surface area contributed by atoms with Gasteiger partial charge >= 0.3 is 11.7 Å². The Morgan fingerprint density at radius 1 is 1.33 bits per heavy atom. The van der Waals surface area contributed by atoms with Gasteiger partial charge in [-0.1, -0.05) is 0 Å². The largest absolute Gasteiger partial charge is 0.483 e. The number of esters is 1. The Kier molecular flexibility index (Phi) is 3.83. The summed E-state index contributed by atoms with van der Waals surface area (Å²) < 4.78 is 29.6. The summed E-state index contributed by atoms with van der Waals surface area (Å²) in [6, 6.07) is 6.65. The zero-order chi connectivity index (χ0) is 19.3. The highest BCUT2D eigenvalue weighted by Crippen LogP contribution is 2.47. The number of hydrogen-bond donors (Lipinski definition) is 0. The molecule has 0 bridgehead atoms. The van der Waals surface area contributed by atoms with Gasteiger partial charge < -0.3 is 13.9 Å². The maximum atomic E-state index is 13.3. The molecule has 0 radical (unpaired) electrons. The topological polar surface area (TPSA) is 91.8 Å². The van der Waals surface area contributed by atoms with Crippen LogP contribution in [0.4, 0.5) is 10.1 Å². The Bertz CT molecular complexity index is 1090. The van der Waals surface area contributed by atoms with E-state index < -0.39 is 16.7 Å². The second kappa shape index (κ2) is 6.08. The number of hydrogen-bond acceptors (Lipinski definition) is 6.